The van der Waals surface area contributed by atoms with Crippen molar-refractivity contribution in [2.45, 2.75) is 64.8 Å². The van der Waals surface area contributed by atoms with Gasteiger partial charge < -0.3 is 11.1 Å². The Morgan fingerprint density at radius 2 is 2.00 bits per heavy atom. The highest BCUT2D eigenvalue weighted by atomic mass is 14.9. The molecule has 1 aliphatic carbocycles. The summed E-state index contributed by atoms with van der Waals surface area (Å²) < 4.78 is 0. The maximum atomic E-state index is 5.80. The van der Waals surface area contributed by atoms with Gasteiger partial charge >= 0.3 is 0 Å². The molecule has 0 spiro atoms. The van der Waals surface area contributed by atoms with E-state index in [1.807, 2.05) is 0 Å². The molecule has 0 aromatic rings. The molecular weight excluding hydrogens is 196 g/mol. The summed E-state index contributed by atoms with van der Waals surface area (Å²) in [6.45, 7) is 6.59. The van der Waals surface area contributed by atoms with Gasteiger partial charge in [-0.05, 0) is 37.6 Å². The minimum absolute atomic E-state index is 0.554. The van der Waals surface area contributed by atoms with E-state index >= 15 is 0 Å². The highest BCUT2D eigenvalue weighted by molar-refractivity contribution is 4.81. The molecule has 0 amide bonds. The van der Waals surface area contributed by atoms with Crippen LogP contribution >= 0.6 is 0 Å². The molecule has 0 heterocycles. The normalized spacial score (nSPS) is 19.7. The van der Waals surface area contributed by atoms with Crippen molar-refractivity contribution in [2.75, 3.05) is 13.1 Å². The van der Waals surface area contributed by atoms with Crippen LogP contribution in [0.5, 0.6) is 0 Å². The Balaban J connectivity index is 2.01. The molecule has 0 bridgehead atoms. The maximum absolute atomic E-state index is 5.80. The summed E-state index contributed by atoms with van der Waals surface area (Å²) in [4.78, 5) is 0. The van der Waals surface area contributed by atoms with E-state index in [1.165, 1.54) is 51.5 Å². The third-order valence-electron chi connectivity index (χ3n) is 3.85. The third-order valence-corrected chi connectivity index (χ3v) is 3.85. The average molecular weight is 226 g/mol. The first kappa shape index (κ1) is 14.0. The first-order chi connectivity index (χ1) is 7.77. The van der Waals surface area contributed by atoms with Gasteiger partial charge in [0.25, 0.3) is 0 Å². The lowest BCUT2D eigenvalue weighted by molar-refractivity contribution is 0.395. The quantitative estimate of drug-likeness (QED) is 0.562. The van der Waals surface area contributed by atoms with Gasteiger partial charge in [-0.2, -0.15) is 0 Å². The molecule has 1 fully saturated rings. The second kappa shape index (κ2) is 8.08. The Morgan fingerprint density at radius 3 is 2.56 bits per heavy atom. The van der Waals surface area contributed by atoms with Crippen LogP contribution in [-0.2, 0) is 0 Å². The summed E-state index contributed by atoms with van der Waals surface area (Å²) in [6.07, 6.45) is 9.55. The molecule has 3 N–H and O–H groups in total. The maximum Gasteiger partial charge on any atom is 0.0190 e. The van der Waals surface area contributed by atoms with Gasteiger partial charge in [-0.15, -0.1) is 0 Å². The van der Waals surface area contributed by atoms with Crippen LogP contribution in [0.15, 0.2) is 0 Å². The van der Waals surface area contributed by atoms with E-state index in [9.17, 15) is 0 Å². The fourth-order valence-corrected chi connectivity index (χ4v) is 2.31. The van der Waals surface area contributed by atoms with E-state index in [0.29, 0.717) is 6.04 Å². The molecule has 1 aliphatic rings. The van der Waals surface area contributed by atoms with Crippen molar-refractivity contribution in [3.63, 3.8) is 0 Å². The zero-order valence-electron chi connectivity index (χ0n) is 11.2. The third kappa shape index (κ3) is 5.86. The monoisotopic (exact) mass is 226 g/mol. The summed E-state index contributed by atoms with van der Waals surface area (Å²) in [7, 11) is 0. The van der Waals surface area contributed by atoms with E-state index < -0.39 is 0 Å². The molecule has 2 atom stereocenters. The molecule has 0 radical (unpaired) electrons. The van der Waals surface area contributed by atoms with Crippen molar-refractivity contribution in [1.29, 1.82) is 0 Å². The molecule has 0 aromatic carbocycles. The van der Waals surface area contributed by atoms with Crippen molar-refractivity contribution < 1.29 is 0 Å². The van der Waals surface area contributed by atoms with Gasteiger partial charge in [-0.25, -0.2) is 0 Å². The summed E-state index contributed by atoms with van der Waals surface area (Å²) in [5.74, 6) is 1.86. The number of rotatable bonds is 10. The minimum Gasteiger partial charge on any atom is -0.329 e. The molecular formula is C14H30N2. The molecule has 1 saturated carbocycles. The molecule has 2 heteroatoms. The van der Waals surface area contributed by atoms with Gasteiger partial charge in [0.1, 0.15) is 0 Å². The first-order valence-corrected chi connectivity index (χ1v) is 7.21. The second-order valence-corrected chi connectivity index (χ2v) is 5.50. The summed E-state index contributed by atoms with van der Waals surface area (Å²) in [5.41, 5.74) is 5.80. The topological polar surface area (TPSA) is 38.0 Å². The highest BCUT2D eigenvalue weighted by Crippen LogP contribution is 2.36. The Labute approximate surface area is 101 Å². The highest BCUT2D eigenvalue weighted by Gasteiger charge is 2.27. The van der Waals surface area contributed by atoms with E-state index in [4.69, 9.17) is 5.73 Å². The van der Waals surface area contributed by atoms with Crippen molar-refractivity contribution in [3.8, 4) is 0 Å². The largest absolute Gasteiger partial charge is 0.329 e. The molecule has 2 nitrogen and oxygen atoms in total. The smallest absolute Gasteiger partial charge is 0.0190 e. The van der Waals surface area contributed by atoms with E-state index in [0.717, 1.165) is 18.4 Å². The van der Waals surface area contributed by atoms with Gasteiger partial charge in [-0.1, -0.05) is 39.5 Å². The molecule has 2 unspecified atom stereocenters. The van der Waals surface area contributed by atoms with Gasteiger partial charge in [0, 0.05) is 12.6 Å². The Kier molecular flexibility index (Phi) is 7.06. The first-order valence-electron chi connectivity index (χ1n) is 7.21. The molecule has 96 valence electrons. The Morgan fingerprint density at radius 1 is 1.25 bits per heavy atom. The van der Waals surface area contributed by atoms with E-state index in [1.54, 1.807) is 0 Å². The van der Waals surface area contributed by atoms with E-state index in [-0.39, 0.29) is 0 Å². The van der Waals surface area contributed by atoms with Crippen molar-refractivity contribution in [1.82, 2.24) is 5.32 Å². The van der Waals surface area contributed by atoms with E-state index in [2.05, 4.69) is 19.2 Å². The van der Waals surface area contributed by atoms with Gasteiger partial charge in [0.2, 0.25) is 0 Å². The van der Waals surface area contributed by atoms with Crippen LogP contribution in [-0.4, -0.2) is 19.1 Å². The number of nitrogens with one attached hydrogen (secondary N) is 1. The fraction of sp³-hybridized carbons (Fsp3) is 1.00. The number of unbranched alkanes of at least 4 members (excludes halogenated alkanes) is 3. The molecule has 0 aliphatic heterocycles. The molecule has 1 rings (SSSR count). The molecule has 16 heavy (non-hydrogen) atoms. The summed E-state index contributed by atoms with van der Waals surface area (Å²) in [5, 5.41) is 3.64. The van der Waals surface area contributed by atoms with Gasteiger partial charge in [-0.3, -0.25) is 0 Å². The van der Waals surface area contributed by atoms with Gasteiger partial charge in [0.15, 0.2) is 0 Å². The van der Waals surface area contributed by atoms with Crippen LogP contribution in [0.3, 0.4) is 0 Å². The van der Waals surface area contributed by atoms with Crippen LogP contribution in [0.2, 0.25) is 0 Å². The predicted molar refractivity (Wildman–Crippen MR) is 71.5 cm³/mol. The summed E-state index contributed by atoms with van der Waals surface area (Å²) >= 11 is 0. The Hall–Kier alpha value is -0.0800. The zero-order chi connectivity index (χ0) is 11.8. The summed E-state index contributed by atoms with van der Waals surface area (Å²) in [6, 6.07) is 0.554. The van der Waals surface area contributed by atoms with Crippen LogP contribution < -0.4 is 11.1 Å². The van der Waals surface area contributed by atoms with Crippen LogP contribution in [0.1, 0.15) is 58.8 Å². The predicted octanol–water partition coefficient (Wildman–Crippen LogP) is 2.92. The molecule has 0 saturated heterocycles. The number of hydrogen-bond acceptors (Lipinski definition) is 2. The zero-order valence-corrected chi connectivity index (χ0v) is 11.2. The Bertz CT molecular complexity index is 166. The second-order valence-electron chi connectivity index (χ2n) is 5.50. The SMILES string of the molecule is CCCCCCC(CN)NCC(C)C1CC1. The molecule has 0 aromatic heterocycles. The average Bonchev–Trinajstić information content (AvgIpc) is 3.11. The van der Waals surface area contributed by atoms with Crippen molar-refractivity contribution in [3.05, 3.63) is 0 Å². The van der Waals surface area contributed by atoms with Crippen molar-refractivity contribution >= 4 is 0 Å². The lowest BCUT2D eigenvalue weighted by atomic mass is 10.0. The van der Waals surface area contributed by atoms with Crippen LogP contribution in [0.25, 0.3) is 0 Å². The minimum atomic E-state index is 0.554. The van der Waals surface area contributed by atoms with Crippen LogP contribution in [0, 0.1) is 11.8 Å². The lowest BCUT2D eigenvalue weighted by Gasteiger charge is -2.19. The lowest BCUT2D eigenvalue weighted by Crippen LogP contribution is -2.38. The fourth-order valence-electron chi connectivity index (χ4n) is 2.31. The van der Waals surface area contributed by atoms with Crippen LogP contribution in [0.4, 0.5) is 0 Å². The van der Waals surface area contributed by atoms with Crippen molar-refractivity contribution in [2.24, 2.45) is 17.6 Å². The number of nitrogens with two attached hydrogens (primary N) is 1. The standard InChI is InChI=1S/C14H30N2/c1-3-4-5-6-7-14(10-15)16-11-12(2)13-8-9-13/h12-14,16H,3-11,15H2,1-2H3. The number of hydrogen-bond donors (Lipinski definition) is 2. The van der Waals surface area contributed by atoms with Gasteiger partial charge in [0.05, 0.1) is 0 Å².